The number of likely N-dealkylation sites (N-methyl/N-ethyl adjacent to an activating group) is 1. The van der Waals surface area contributed by atoms with Crippen LogP contribution in [0.25, 0.3) is 0 Å². The van der Waals surface area contributed by atoms with Crippen molar-refractivity contribution in [3.8, 4) is 5.75 Å². The third kappa shape index (κ3) is 5.17. The molecule has 2 rings (SSSR count). The highest BCUT2D eigenvalue weighted by atomic mass is 35.5. The Balaban J connectivity index is 0.00000220. The van der Waals surface area contributed by atoms with Gasteiger partial charge in [-0.3, -0.25) is 4.90 Å². The van der Waals surface area contributed by atoms with Crippen LogP contribution in [0.3, 0.4) is 0 Å². The molecule has 3 nitrogen and oxygen atoms in total. The van der Waals surface area contributed by atoms with Gasteiger partial charge < -0.3 is 10.1 Å². The zero-order valence-corrected chi connectivity index (χ0v) is 14.5. The first-order chi connectivity index (χ1) is 9.60. The fourth-order valence-corrected chi connectivity index (χ4v) is 2.95. The van der Waals surface area contributed by atoms with Crippen molar-refractivity contribution < 1.29 is 4.74 Å². The van der Waals surface area contributed by atoms with E-state index >= 15 is 0 Å². The minimum atomic E-state index is 0. The quantitative estimate of drug-likeness (QED) is 0.873. The van der Waals surface area contributed by atoms with E-state index in [2.05, 4.69) is 49.2 Å². The number of nitrogens with one attached hydrogen (secondary N) is 1. The smallest absolute Gasteiger partial charge is 0.119 e. The van der Waals surface area contributed by atoms with Gasteiger partial charge >= 0.3 is 0 Å². The Bertz CT molecular complexity index is 437. The molecule has 120 valence electrons. The highest BCUT2D eigenvalue weighted by Crippen LogP contribution is 2.23. The lowest BCUT2D eigenvalue weighted by molar-refractivity contribution is 0.235. The van der Waals surface area contributed by atoms with Crippen molar-refractivity contribution in [2.45, 2.75) is 39.2 Å². The monoisotopic (exact) mass is 312 g/mol. The molecule has 0 bridgehead atoms. The number of aryl methyl sites for hydroxylation is 1. The van der Waals surface area contributed by atoms with Crippen LogP contribution in [0.5, 0.6) is 5.75 Å². The number of nitrogens with zero attached hydrogens (tertiary/aromatic N) is 1. The summed E-state index contributed by atoms with van der Waals surface area (Å²) in [5.74, 6) is 1.57. The molecule has 0 spiro atoms. The molecule has 4 heteroatoms. The molecule has 0 radical (unpaired) electrons. The molecule has 0 amide bonds. The Hall–Kier alpha value is -0.770. The Morgan fingerprint density at radius 2 is 2.14 bits per heavy atom. The summed E-state index contributed by atoms with van der Waals surface area (Å²) in [5, 5.41) is 3.34. The molecule has 1 aromatic carbocycles. The Labute approximate surface area is 135 Å². The normalized spacial score (nSPS) is 18.8. The number of rotatable bonds is 6. The number of halogens is 1. The lowest BCUT2D eigenvalue weighted by Crippen LogP contribution is -2.31. The van der Waals surface area contributed by atoms with E-state index < -0.39 is 0 Å². The molecule has 1 unspecified atom stereocenters. The van der Waals surface area contributed by atoms with Gasteiger partial charge in [0.2, 0.25) is 0 Å². The van der Waals surface area contributed by atoms with Crippen molar-refractivity contribution in [2.24, 2.45) is 0 Å². The molecule has 1 aliphatic heterocycles. The second-order valence-electron chi connectivity index (χ2n) is 6.10. The van der Waals surface area contributed by atoms with E-state index in [1.807, 2.05) is 7.05 Å². The summed E-state index contributed by atoms with van der Waals surface area (Å²) < 4.78 is 5.89. The summed E-state index contributed by atoms with van der Waals surface area (Å²) in [6, 6.07) is 7.11. The Kier molecular flexibility index (Phi) is 7.50. The topological polar surface area (TPSA) is 24.5 Å². The minimum absolute atomic E-state index is 0. The summed E-state index contributed by atoms with van der Waals surface area (Å²) in [6.07, 6.45) is 1.25. The molecule has 1 N–H and O–H groups in total. The van der Waals surface area contributed by atoms with E-state index in [4.69, 9.17) is 4.74 Å². The fraction of sp³-hybridized carbons (Fsp3) is 0.647. The van der Waals surface area contributed by atoms with Crippen molar-refractivity contribution in [3.05, 3.63) is 29.3 Å². The second kappa shape index (κ2) is 8.62. The predicted octanol–water partition coefficient (Wildman–Crippen LogP) is 3.21. The first kappa shape index (κ1) is 18.3. The van der Waals surface area contributed by atoms with Gasteiger partial charge in [-0.1, -0.05) is 19.9 Å². The van der Waals surface area contributed by atoms with E-state index in [0.29, 0.717) is 12.0 Å². The number of hydrogen-bond acceptors (Lipinski definition) is 3. The van der Waals surface area contributed by atoms with Gasteiger partial charge in [0, 0.05) is 19.1 Å². The van der Waals surface area contributed by atoms with Gasteiger partial charge in [-0.15, -0.1) is 12.4 Å². The van der Waals surface area contributed by atoms with Crippen LogP contribution < -0.4 is 10.1 Å². The van der Waals surface area contributed by atoms with Crippen LogP contribution >= 0.6 is 12.4 Å². The van der Waals surface area contributed by atoms with Gasteiger partial charge in [-0.2, -0.15) is 0 Å². The maximum absolute atomic E-state index is 5.89. The van der Waals surface area contributed by atoms with Crippen LogP contribution in [0.1, 0.15) is 37.3 Å². The molecule has 1 saturated heterocycles. The lowest BCUT2D eigenvalue weighted by Gasteiger charge is -2.17. The van der Waals surface area contributed by atoms with Gasteiger partial charge in [0.25, 0.3) is 0 Å². The first-order valence-electron chi connectivity index (χ1n) is 7.73. The average molecular weight is 313 g/mol. The van der Waals surface area contributed by atoms with E-state index in [-0.39, 0.29) is 12.4 Å². The molecule has 1 atom stereocenters. The fourth-order valence-electron chi connectivity index (χ4n) is 2.95. The number of hydrogen-bond donors (Lipinski definition) is 1. The first-order valence-corrected chi connectivity index (χ1v) is 7.73. The molecule has 0 saturated carbocycles. The van der Waals surface area contributed by atoms with Crippen molar-refractivity contribution in [1.29, 1.82) is 0 Å². The highest BCUT2D eigenvalue weighted by molar-refractivity contribution is 5.85. The van der Waals surface area contributed by atoms with Crippen LogP contribution in [0.4, 0.5) is 0 Å². The third-order valence-electron chi connectivity index (χ3n) is 4.22. The van der Waals surface area contributed by atoms with Gasteiger partial charge in [0.15, 0.2) is 0 Å². The largest absolute Gasteiger partial charge is 0.492 e. The molecule has 0 aliphatic carbocycles. The molecular weight excluding hydrogens is 284 g/mol. The predicted molar refractivity (Wildman–Crippen MR) is 91.9 cm³/mol. The average Bonchev–Trinajstić information content (AvgIpc) is 2.86. The van der Waals surface area contributed by atoms with Crippen LogP contribution in [-0.2, 0) is 0 Å². The van der Waals surface area contributed by atoms with Crippen LogP contribution in [0.2, 0.25) is 0 Å². The van der Waals surface area contributed by atoms with Crippen molar-refractivity contribution >= 4 is 12.4 Å². The minimum Gasteiger partial charge on any atom is -0.492 e. The van der Waals surface area contributed by atoms with Gasteiger partial charge in [0.1, 0.15) is 12.4 Å². The molecular formula is C17H29ClN2O. The van der Waals surface area contributed by atoms with Crippen LogP contribution in [-0.4, -0.2) is 44.2 Å². The zero-order valence-electron chi connectivity index (χ0n) is 13.7. The van der Waals surface area contributed by atoms with Crippen molar-refractivity contribution in [2.75, 3.05) is 33.3 Å². The molecule has 1 aliphatic rings. The lowest BCUT2D eigenvalue weighted by atomic mass is 9.98. The molecule has 21 heavy (non-hydrogen) atoms. The van der Waals surface area contributed by atoms with Crippen molar-refractivity contribution in [3.63, 3.8) is 0 Å². The summed E-state index contributed by atoms with van der Waals surface area (Å²) in [7, 11) is 2.05. The maximum Gasteiger partial charge on any atom is 0.119 e. The SMILES string of the molecule is CNC1CCN(CCOc2ccc(C(C)C)c(C)c2)C1.Cl. The number of likely N-dealkylation sites (tertiary alicyclic amines) is 1. The van der Waals surface area contributed by atoms with Crippen LogP contribution in [0.15, 0.2) is 18.2 Å². The van der Waals surface area contributed by atoms with Crippen LogP contribution in [0, 0.1) is 6.92 Å². The van der Waals surface area contributed by atoms with E-state index in [0.717, 1.165) is 25.4 Å². The van der Waals surface area contributed by atoms with Gasteiger partial charge in [0.05, 0.1) is 0 Å². The summed E-state index contributed by atoms with van der Waals surface area (Å²) >= 11 is 0. The summed E-state index contributed by atoms with van der Waals surface area (Å²) in [6.45, 7) is 10.7. The summed E-state index contributed by atoms with van der Waals surface area (Å²) in [5.41, 5.74) is 2.74. The number of ether oxygens (including phenoxy) is 1. The molecule has 0 aromatic heterocycles. The standard InChI is InChI=1S/C17H28N2O.ClH/c1-13(2)17-6-5-16(11-14(17)3)20-10-9-19-8-7-15(12-19)18-4;/h5-6,11,13,15,18H,7-10,12H2,1-4H3;1H. The second-order valence-corrected chi connectivity index (χ2v) is 6.10. The zero-order chi connectivity index (χ0) is 14.5. The van der Waals surface area contributed by atoms with E-state index in [1.165, 1.54) is 24.1 Å². The summed E-state index contributed by atoms with van der Waals surface area (Å²) in [4.78, 5) is 2.47. The van der Waals surface area contributed by atoms with Gasteiger partial charge in [-0.05, 0) is 56.1 Å². The Morgan fingerprint density at radius 1 is 1.38 bits per heavy atom. The number of benzene rings is 1. The van der Waals surface area contributed by atoms with Gasteiger partial charge in [-0.25, -0.2) is 0 Å². The molecule has 1 fully saturated rings. The van der Waals surface area contributed by atoms with Crippen molar-refractivity contribution in [1.82, 2.24) is 10.2 Å². The molecule has 1 heterocycles. The maximum atomic E-state index is 5.89. The third-order valence-corrected chi connectivity index (χ3v) is 4.22. The molecule has 1 aromatic rings. The Morgan fingerprint density at radius 3 is 2.71 bits per heavy atom. The van der Waals surface area contributed by atoms with E-state index in [1.54, 1.807) is 0 Å². The highest BCUT2D eigenvalue weighted by Gasteiger charge is 2.20. The van der Waals surface area contributed by atoms with E-state index in [9.17, 15) is 0 Å².